The minimum absolute atomic E-state index is 0.0833. The third-order valence-corrected chi connectivity index (χ3v) is 10.4. The van der Waals surface area contributed by atoms with Crippen LogP contribution in [0.15, 0.2) is 65.6 Å². The van der Waals surface area contributed by atoms with Gasteiger partial charge in [-0.1, -0.05) is 30.7 Å². The highest BCUT2D eigenvalue weighted by molar-refractivity contribution is 7.93. The Morgan fingerprint density at radius 1 is 1.04 bits per heavy atom. The van der Waals surface area contributed by atoms with Crippen LogP contribution >= 0.6 is 11.6 Å². The van der Waals surface area contributed by atoms with E-state index >= 15 is 4.79 Å². The van der Waals surface area contributed by atoms with Crippen molar-refractivity contribution in [2.75, 3.05) is 45.7 Å². The second-order valence-corrected chi connectivity index (χ2v) is 13.6. The van der Waals surface area contributed by atoms with Crippen LogP contribution in [0.25, 0.3) is 0 Å². The number of nitrogens with zero attached hydrogens (tertiary/aromatic N) is 3. The van der Waals surface area contributed by atoms with Crippen LogP contribution in [0.2, 0.25) is 5.02 Å². The molecule has 0 spiro atoms. The first-order valence-corrected chi connectivity index (χ1v) is 16.7. The SMILES string of the molecule is CCCNCc1ccc([C@]2(N3CCCC3C(=O)N(C)C)C(=O)N(S(=O)(=O)c3ccc(OC)cc3)c3ccc(Cl)cc32)c(OC)c1. The summed E-state index contributed by atoms with van der Waals surface area (Å²) in [5, 5.41) is 3.70. The molecule has 12 heteroatoms. The molecule has 1 N–H and O–H groups in total. The summed E-state index contributed by atoms with van der Waals surface area (Å²) in [6.07, 6.45) is 2.09. The monoisotopic (exact) mass is 654 g/mol. The molecule has 2 atom stereocenters. The number of likely N-dealkylation sites (N-methyl/N-ethyl adjacent to an activating group) is 1. The van der Waals surface area contributed by atoms with Gasteiger partial charge in [-0.15, -0.1) is 0 Å². The van der Waals surface area contributed by atoms with Crippen molar-refractivity contribution < 1.29 is 27.5 Å². The van der Waals surface area contributed by atoms with Crippen LogP contribution < -0.4 is 19.1 Å². The number of sulfonamides is 1. The fraction of sp³-hybridized carbons (Fsp3) is 0.394. The molecule has 0 aromatic heterocycles. The largest absolute Gasteiger partial charge is 0.497 e. The number of halogens is 1. The number of amides is 2. The molecule has 240 valence electrons. The number of likely N-dealkylation sites (tertiary alicyclic amines) is 1. The summed E-state index contributed by atoms with van der Waals surface area (Å²) in [5.74, 6) is -0.0384. The highest BCUT2D eigenvalue weighted by Gasteiger charge is 2.63. The highest BCUT2D eigenvalue weighted by atomic mass is 35.5. The van der Waals surface area contributed by atoms with Crippen LogP contribution in [0.4, 0.5) is 5.69 Å². The van der Waals surface area contributed by atoms with E-state index in [-0.39, 0.29) is 16.5 Å². The Morgan fingerprint density at radius 2 is 1.78 bits per heavy atom. The van der Waals surface area contributed by atoms with E-state index in [0.717, 1.165) is 22.8 Å². The maximum atomic E-state index is 15.3. The number of methoxy groups -OCH3 is 2. The van der Waals surface area contributed by atoms with Crippen LogP contribution in [0.3, 0.4) is 0 Å². The van der Waals surface area contributed by atoms with Crippen LogP contribution in [-0.2, 0) is 31.7 Å². The Kier molecular flexibility index (Phi) is 9.46. The summed E-state index contributed by atoms with van der Waals surface area (Å²) in [6.45, 7) is 3.86. The smallest absolute Gasteiger partial charge is 0.271 e. The number of carbonyl (C=O) groups is 2. The molecule has 2 heterocycles. The topological polar surface area (TPSA) is 108 Å². The molecule has 2 amide bonds. The zero-order valence-corrected chi connectivity index (χ0v) is 27.7. The molecule has 45 heavy (non-hydrogen) atoms. The van der Waals surface area contributed by atoms with Gasteiger partial charge in [0.05, 0.1) is 30.8 Å². The van der Waals surface area contributed by atoms with Crippen LogP contribution in [0.1, 0.15) is 42.9 Å². The highest BCUT2D eigenvalue weighted by Crippen LogP contribution is 2.55. The molecule has 1 saturated heterocycles. The van der Waals surface area contributed by atoms with Crippen molar-refractivity contribution in [2.24, 2.45) is 0 Å². The average Bonchev–Trinajstić information content (AvgIpc) is 3.61. The van der Waals surface area contributed by atoms with Crippen molar-refractivity contribution in [3.63, 3.8) is 0 Å². The predicted octanol–water partition coefficient (Wildman–Crippen LogP) is 4.39. The average molecular weight is 655 g/mol. The molecule has 1 unspecified atom stereocenters. The standard InChI is InChI=1S/C33H39ClN4O6S/c1-6-17-35-21-22-9-15-26(30(19-22)44-5)33(37-18-7-8-29(37)31(39)36(2)3)27-20-23(34)10-16-28(27)38(32(33)40)45(41,42)25-13-11-24(43-4)12-14-25/h9-16,19-20,29,35H,6-8,17-18,21H2,1-5H3/t29?,33-/m1/s1. The summed E-state index contributed by atoms with van der Waals surface area (Å²) < 4.78 is 40.8. The normalized spacial score (nSPS) is 19.9. The fourth-order valence-electron chi connectivity index (χ4n) is 6.41. The molecule has 2 aliphatic rings. The van der Waals surface area contributed by atoms with Crippen molar-refractivity contribution in [1.82, 2.24) is 15.1 Å². The second kappa shape index (κ2) is 13.0. The third kappa shape index (κ3) is 5.56. The minimum Gasteiger partial charge on any atom is -0.497 e. The van der Waals surface area contributed by atoms with Crippen molar-refractivity contribution in [2.45, 2.75) is 49.2 Å². The van der Waals surface area contributed by atoms with E-state index in [4.69, 9.17) is 21.1 Å². The number of anilines is 1. The van der Waals surface area contributed by atoms with Crippen molar-refractivity contribution >= 4 is 39.1 Å². The first-order valence-electron chi connectivity index (χ1n) is 14.9. The Morgan fingerprint density at radius 3 is 2.42 bits per heavy atom. The molecule has 5 rings (SSSR count). The van der Waals surface area contributed by atoms with E-state index in [2.05, 4.69) is 12.2 Å². The van der Waals surface area contributed by atoms with Gasteiger partial charge in [0.15, 0.2) is 5.54 Å². The van der Waals surface area contributed by atoms with E-state index < -0.39 is 27.5 Å². The first kappa shape index (κ1) is 32.7. The fourth-order valence-corrected chi connectivity index (χ4v) is 8.04. The number of rotatable bonds is 11. The van der Waals surface area contributed by atoms with Crippen molar-refractivity contribution in [1.29, 1.82) is 0 Å². The van der Waals surface area contributed by atoms with Crippen LogP contribution in [0.5, 0.6) is 11.5 Å². The maximum Gasteiger partial charge on any atom is 0.271 e. The van der Waals surface area contributed by atoms with E-state index in [0.29, 0.717) is 53.6 Å². The van der Waals surface area contributed by atoms with Gasteiger partial charge >= 0.3 is 0 Å². The molecule has 0 saturated carbocycles. The molecule has 3 aromatic carbocycles. The number of ether oxygens (including phenoxy) is 2. The summed E-state index contributed by atoms with van der Waals surface area (Å²) in [4.78, 5) is 32.2. The Balaban J connectivity index is 1.80. The van der Waals surface area contributed by atoms with Gasteiger partial charge in [0.2, 0.25) is 5.91 Å². The number of nitrogens with one attached hydrogen (secondary N) is 1. The molecular weight excluding hydrogens is 616 g/mol. The second-order valence-electron chi connectivity index (χ2n) is 11.4. The molecule has 3 aromatic rings. The van der Waals surface area contributed by atoms with E-state index in [1.807, 2.05) is 23.1 Å². The van der Waals surface area contributed by atoms with E-state index in [1.165, 1.54) is 43.4 Å². The third-order valence-electron chi connectivity index (χ3n) is 8.48. The Bertz CT molecular complexity index is 1700. The predicted molar refractivity (Wildman–Crippen MR) is 173 cm³/mol. The maximum absolute atomic E-state index is 15.3. The molecular formula is C33H39ClN4O6S. The summed E-state index contributed by atoms with van der Waals surface area (Å²) in [6, 6.07) is 15.5. The van der Waals surface area contributed by atoms with Gasteiger partial charge in [-0.3, -0.25) is 14.5 Å². The number of benzene rings is 3. The van der Waals surface area contributed by atoms with Gasteiger partial charge in [-0.25, -0.2) is 12.7 Å². The lowest BCUT2D eigenvalue weighted by Gasteiger charge is -2.42. The molecule has 2 aliphatic heterocycles. The lowest BCUT2D eigenvalue weighted by molar-refractivity contribution is -0.138. The minimum atomic E-state index is -4.43. The van der Waals surface area contributed by atoms with E-state index in [9.17, 15) is 13.2 Å². The Hall–Kier alpha value is -3.64. The zero-order valence-electron chi connectivity index (χ0n) is 26.2. The number of fused-ring (bicyclic) bond motifs is 1. The van der Waals surface area contributed by atoms with Gasteiger partial charge in [-0.2, -0.15) is 0 Å². The molecule has 0 radical (unpaired) electrons. The summed E-state index contributed by atoms with van der Waals surface area (Å²) >= 11 is 6.60. The van der Waals surface area contributed by atoms with E-state index in [1.54, 1.807) is 32.3 Å². The van der Waals surface area contributed by atoms with Crippen LogP contribution in [0, 0.1) is 0 Å². The van der Waals surface area contributed by atoms with Crippen LogP contribution in [-0.4, -0.2) is 77.5 Å². The molecule has 1 fully saturated rings. The van der Waals surface area contributed by atoms with Gasteiger partial charge in [0, 0.05) is 43.3 Å². The first-order chi connectivity index (χ1) is 21.5. The molecule has 0 bridgehead atoms. The van der Waals surface area contributed by atoms with Crippen molar-refractivity contribution in [3.8, 4) is 11.5 Å². The van der Waals surface area contributed by atoms with Gasteiger partial charge in [0.1, 0.15) is 11.5 Å². The number of hydrogen-bond acceptors (Lipinski definition) is 8. The lowest BCUT2D eigenvalue weighted by atomic mass is 9.80. The number of carbonyl (C=O) groups excluding carboxylic acids is 2. The van der Waals surface area contributed by atoms with Gasteiger partial charge in [0.25, 0.3) is 15.9 Å². The van der Waals surface area contributed by atoms with Crippen molar-refractivity contribution in [3.05, 3.63) is 82.4 Å². The van der Waals surface area contributed by atoms with Gasteiger partial charge in [-0.05, 0) is 79.9 Å². The lowest BCUT2D eigenvalue weighted by Crippen LogP contribution is -2.59. The molecule has 0 aliphatic carbocycles. The summed E-state index contributed by atoms with van der Waals surface area (Å²) in [7, 11) is 1.92. The Labute approximate surface area is 269 Å². The van der Waals surface area contributed by atoms with Gasteiger partial charge < -0.3 is 19.7 Å². The number of hydrogen-bond donors (Lipinski definition) is 1. The summed E-state index contributed by atoms with van der Waals surface area (Å²) in [5.41, 5.74) is 0.155. The molecule has 10 nitrogen and oxygen atoms in total. The zero-order chi connectivity index (χ0) is 32.5. The quantitative estimate of drug-likeness (QED) is 0.304.